The summed E-state index contributed by atoms with van der Waals surface area (Å²) < 4.78 is 0. The summed E-state index contributed by atoms with van der Waals surface area (Å²) in [6.07, 6.45) is 4.68. The van der Waals surface area contributed by atoms with Crippen LogP contribution in [0.4, 0.5) is 5.69 Å². The predicted molar refractivity (Wildman–Crippen MR) is 97.9 cm³/mol. The lowest BCUT2D eigenvalue weighted by Gasteiger charge is -2.37. The molecule has 0 saturated heterocycles. The van der Waals surface area contributed by atoms with Crippen LogP contribution in [0.25, 0.3) is 0 Å². The summed E-state index contributed by atoms with van der Waals surface area (Å²) in [4.78, 5) is 7.49. The first-order chi connectivity index (χ1) is 12.2. The van der Waals surface area contributed by atoms with Crippen molar-refractivity contribution in [2.45, 2.75) is 18.4 Å². The van der Waals surface area contributed by atoms with E-state index in [1.807, 2.05) is 18.3 Å². The molecule has 25 heavy (non-hydrogen) atoms. The number of amidine groups is 1. The molecule has 1 aliphatic heterocycles. The first kappa shape index (κ1) is 14.3. The van der Waals surface area contributed by atoms with Crippen molar-refractivity contribution in [2.75, 3.05) is 5.32 Å². The SMILES string of the molecule is N=C(N)c1ccc2c(c1)C1c3ccccc3CC1C(c1cnc[nH]1)N2. The van der Waals surface area contributed by atoms with Gasteiger partial charge in [-0.25, -0.2) is 4.98 Å². The predicted octanol–water partition coefficient (Wildman–Crippen LogP) is 3.16. The van der Waals surface area contributed by atoms with Crippen LogP contribution in [-0.2, 0) is 6.42 Å². The highest BCUT2D eigenvalue weighted by atomic mass is 15.0. The number of aromatic amines is 1. The molecule has 3 unspecified atom stereocenters. The third kappa shape index (κ3) is 2.09. The first-order valence-corrected chi connectivity index (χ1v) is 8.53. The molecule has 2 aromatic carbocycles. The lowest BCUT2D eigenvalue weighted by molar-refractivity contribution is 0.415. The van der Waals surface area contributed by atoms with Gasteiger partial charge < -0.3 is 16.0 Å². The van der Waals surface area contributed by atoms with Gasteiger partial charge in [0.15, 0.2) is 0 Å². The number of nitrogens with one attached hydrogen (secondary N) is 3. The van der Waals surface area contributed by atoms with Crippen LogP contribution in [0.5, 0.6) is 0 Å². The van der Waals surface area contributed by atoms with E-state index in [1.54, 1.807) is 6.33 Å². The smallest absolute Gasteiger partial charge is 0.122 e. The number of nitrogens with two attached hydrogens (primary N) is 1. The van der Waals surface area contributed by atoms with Crippen molar-refractivity contribution < 1.29 is 0 Å². The van der Waals surface area contributed by atoms with Gasteiger partial charge in [0, 0.05) is 17.2 Å². The second-order valence-corrected chi connectivity index (χ2v) is 6.89. The Balaban J connectivity index is 1.71. The summed E-state index contributed by atoms with van der Waals surface area (Å²) in [7, 11) is 0. The zero-order valence-corrected chi connectivity index (χ0v) is 13.7. The molecular weight excluding hydrogens is 310 g/mol. The summed E-state index contributed by atoms with van der Waals surface area (Å²) in [5.41, 5.74) is 12.8. The summed E-state index contributed by atoms with van der Waals surface area (Å²) in [5.74, 6) is 0.828. The second-order valence-electron chi connectivity index (χ2n) is 6.89. The number of hydrogen-bond donors (Lipinski definition) is 4. The number of imidazole rings is 1. The average Bonchev–Trinajstić information content (AvgIpc) is 3.28. The lowest BCUT2D eigenvalue weighted by Crippen LogP contribution is -2.31. The molecule has 0 spiro atoms. The number of nitrogen functional groups attached to an aromatic ring is 1. The second kappa shape index (κ2) is 5.21. The van der Waals surface area contributed by atoms with E-state index >= 15 is 0 Å². The molecule has 5 rings (SSSR count). The number of H-pyrrole nitrogens is 1. The number of fused-ring (bicyclic) bond motifs is 5. The fourth-order valence-corrected chi connectivity index (χ4v) is 4.47. The molecule has 1 aliphatic carbocycles. The van der Waals surface area contributed by atoms with E-state index in [4.69, 9.17) is 11.1 Å². The quantitative estimate of drug-likeness (QED) is 0.430. The van der Waals surface area contributed by atoms with Crippen LogP contribution in [0, 0.1) is 11.3 Å². The molecule has 1 aromatic heterocycles. The summed E-state index contributed by atoms with van der Waals surface area (Å²) in [6.45, 7) is 0. The van der Waals surface area contributed by atoms with Crippen molar-refractivity contribution in [3.63, 3.8) is 0 Å². The molecular formula is C20H19N5. The summed E-state index contributed by atoms with van der Waals surface area (Å²) in [5, 5.41) is 11.5. The molecule has 5 N–H and O–H groups in total. The molecule has 5 heteroatoms. The van der Waals surface area contributed by atoms with Crippen molar-refractivity contribution in [3.05, 3.63) is 82.9 Å². The van der Waals surface area contributed by atoms with Crippen molar-refractivity contribution in [1.29, 1.82) is 5.41 Å². The van der Waals surface area contributed by atoms with E-state index in [0.29, 0.717) is 11.8 Å². The molecule has 0 fully saturated rings. The van der Waals surface area contributed by atoms with E-state index in [2.05, 4.69) is 45.6 Å². The average molecular weight is 329 g/mol. The molecule has 3 atom stereocenters. The van der Waals surface area contributed by atoms with Crippen molar-refractivity contribution in [2.24, 2.45) is 11.7 Å². The van der Waals surface area contributed by atoms with Gasteiger partial charge in [-0.3, -0.25) is 5.41 Å². The Bertz CT molecular complexity index is 960. The van der Waals surface area contributed by atoms with Crippen molar-refractivity contribution in [3.8, 4) is 0 Å². The highest BCUT2D eigenvalue weighted by Gasteiger charge is 2.43. The normalized spacial score (nSPS) is 23.3. The van der Waals surface area contributed by atoms with E-state index in [-0.39, 0.29) is 11.9 Å². The maximum Gasteiger partial charge on any atom is 0.122 e. The largest absolute Gasteiger partial charge is 0.384 e. The maximum atomic E-state index is 7.78. The molecule has 0 amide bonds. The number of benzene rings is 2. The van der Waals surface area contributed by atoms with Crippen LogP contribution in [0.3, 0.4) is 0 Å². The molecule has 5 nitrogen and oxygen atoms in total. The number of anilines is 1. The highest BCUT2D eigenvalue weighted by Crippen LogP contribution is 2.53. The van der Waals surface area contributed by atoms with E-state index < -0.39 is 0 Å². The van der Waals surface area contributed by atoms with Gasteiger partial charge in [-0.2, -0.15) is 0 Å². The molecule has 124 valence electrons. The van der Waals surface area contributed by atoms with Crippen LogP contribution in [0.1, 0.15) is 39.9 Å². The van der Waals surface area contributed by atoms with E-state index in [9.17, 15) is 0 Å². The fraction of sp³-hybridized carbons (Fsp3) is 0.200. The zero-order valence-electron chi connectivity index (χ0n) is 13.7. The van der Waals surface area contributed by atoms with Crippen LogP contribution in [0.15, 0.2) is 55.0 Å². The van der Waals surface area contributed by atoms with Crippen molar-refractivity contribution in [1.82, 2.24) is 9.97 Å². The minimum atomic E-state index is 0.112. The molecule has 0 bridgehead atoms. The van der Waals surface area contributed by atoms with Gasteiger partial charge in [0.1, 0.15) is 5.84 Å². The Morgan fingerprint density at radius 3 is 2.84 bits per heavy atom. The molecule has 3 aromatic rings. The fourth-order valence-electron chi connectivity index (χ4n) is 4.47. The monoisotopic (exact) mass is 329 g/mol. The van der Waals surface area contributed by atoms with Crippen LogP contribution in [-0.4, -0.2) is 15.8 Å². The standard InChI is InChI=1S/C20H19N5/c21-20(22)12-5-6-16-14(8-12)18-13-4-2-1-3-11(13)7-15(18)19(25-16)17-9-23-10-24-17/h1-6,8-10,15,18-19,25H,7H2,(H3,21,22)(H,23,24). The van der Waals surface area contributed by atoms with E-state index in [1.165, 1.54) is 16.7 Å². The van der Waals surface area contributed by atoms with Gasteiger partial charge in [-0.15, -0.1) is 0 Å². The van der Waals surface area contributed by atoms with E-state index in [0.717, 1.165) is 23.4 Å². The Kier molecular flexibility index (Phi) is 2.98. The third-order valence-electron chi connectivity index (χ3n) is 5.57. The van der Waals surface area contributed by atoms with Gasteiger partial charge in [-0.05, 0) is 47.2 Å². The third-order valence-corrected chi connectivity index (χ3v) is 5.57. The Labute approximate surface area is 145 Å². The van der Waals surface area contributed by atoms with Crippen LogP contribution in [0.2, 0.25) is 0 Å². The van der Waals surface area contributed by atoms with Gasteiger partial charge in [-0.1, -0.05) is 24.3 Å². The summed E-state index contributed by atoms with van der Waals surface area (Å²) >= 11 is 0. The molecule has 2 heterocycles. The van der Waals surface area contributed by atoms with Gasteiger partial charge in [0.2, 0.25) is 0 Å². The van der Waals surface area contributed by atoms with Crippen LogP contribution >= 0.6 is 0 Å². The molecule has 2 aliphatic rings. The van der Waals surface area contributed by atoms with Gasteiger partial charge in [0.05, 0.1) is 24.3 Å². The van der Waals surface area contributed by atoms with Crippen LogP contribution < -0.4 is 11.1 Å². The highest BCUT2D eigenvalue weighted by molar-refractivity contribution is 5.95. The molecule has 0 radical (unpaired) electrons. The van der Waals surface area contributed by atoms with Gasteiger partial charge in [0.25, 0.3) is 0 Å². The minimum absolute atomic E-state index is 0.112. The Morgan fingerprint density at radius 1 is 1.16 bits per heavy atom. The molecule has 0 saturated carbocycles. The minimum Gasteiger partial charge on any atom is -0.384 e. The Morgan fingerprint density at radius 2 is 2.04 bits per heavy atom. The summed E-state index contributed by atoms with van der Waals surface area (Å²) in [6, 6.07) is 14.9. The zero-order chi connectivity index (χ0) is 17.0. The number of nitrogens with zero attached hydrogens (tertiary/aromatic N) is 1. The topological polar surface area (TPSA) is 90.6 Å². The number of rotatable bonds is 2. The number of aromatic nitrogens is 2. The Hall–Kier alpha value is -3.08. The maximum absolute atomic E-state index is 7.78. The lowest BCUT2D eigenvalue weighted by atomic mass is 9.76. The van der Waals surface area contributed by atoms with Gasteiger partial charge >= 0.3 is 0 Å². The number of hydrogen-bond acceptors (Lipinski definition) is 3. The van der Waals surface area contributed by atoms with Crippen molar-refractivity contribution >= 4 is 11.5 Å². The first-order valence-electron chi connectivity index (χ1n) is 8.53.